The molecular weight excluding hydrogens is 294 g/mol. The maximum absolute atomic E-state index is 12.3. The van der Waals surface area contributed by atoms with Crippen molar-refractivity contribution in [2.24, 2.45) is 0 Å². The zero-order valence-electron chi connectivity index (χ0n) is 14.1. The lowest BCUT2D eigenvalue weighted by atomic mass is 9.93. The van der Waals surface area contributed by atoms with E-state index in [9.17, 15) is 4.79 Å². The van der Waals surface area contributed by atoms with E-state index in [1.54, 1.807) is 6.26 Å². The van der Waals surface area contributed by atoms with E-state index in [-0.39, 0.29) is 17.6 Å². The molecule has 0 radical (unpaired) electrons. The van der Waals surface area contributed by atoms with Crippen molar-refractivity contribution in [2.45, 2.75) is 44.7 Å². The van der Waals surface area contributed by atoms with Crippen molar-refractivity contribution in [2.75, 3.05) is 32.8 Å². The van der Waals surface area contributed by atoms with E-state index >= 15 is 0 Å². The molecule has 1 aliphatic carbocycles. The minimum absolute atomic E-state index is 0.0593. The van der Waals surface area contributed by atoms with Gasteiger partial charge in [0.25, 0.3) is 0 Å². The van der Waals surface area contributed by atoms with Gasteiger partial charge >= 0.3 is 6.03 Å². The van der Waals surface area contributed by atoms with Gasteiger partial charge in [0.1, 0.15) is 5.76 Å². The highest BCUT2D eigenvalue weighted by Gasteiger charge is 2.29. The van der Waals surface area contributed by atoms with Crippen molar-refractivity contribution in [3.63, 3.8) is 0 Å². The number of ether oxygens (including phenoxy) is 1. The van der Waals surface area contributed by atoms with Gasteiger partial charge in [0.05, 0.1) is 25.5 Å². The number of hydrogen-bond acceptors (Lipinski definition) is 4. The topological polar surface area (TPSA) is 66.7 Å². The zero-order valence-corrected chi connectivity index (χ0v) is 14.1. The Morgan fingerprint density at radius 1 is 1.39 bits per heavy atom. The van der Waals surface area contributed by atoms with Gasteiger partial charge in [-0.3, -0.25) is 4.90 Å². The summed E-state index contributed by atoms with van der Waals surface area (Å²) >= 11 is 0. The molecule has 1 unspecified atom stereocenters. The van der Waals surface area contributed by atoms with Gasteiger partial charge in [0, 0.05) is 37.2 Å². The fraction of sp³-hybridized carbons (Fsp3) is 0.706. The Bertz CT molecular complexity index is 535. The summed E-state index contributed by atoms with van der Waals surface area (Å²) in [7, 11) is 0. The molecule has 2 amide bonds. The molecule has 1 saturated heterocycles. The number of urea groups is 1. The van der Waals surface area contributed by atoms with E-state index in [1.807, 2.05) is 6.07 Å². The molecule has 128 valence electrons. The molecular formula is C17H27N3O3. The fourth-order valence-corrected chi connectivity index (χ4v) is 3.42. The Balaban J connectivity index is 1.50. The summed E-state index contributed by atoms with van der Waals surface area (Å²) in [5.41, 5.74) is 1.05. The highest BCUT2D eigenvalue weighted by Crippen LogP contribution is 2.30. The number of carbonyl (C=O) groups is 1. The smallest absolute Gasteiger partial charge is 0.315 e. The Morgan fingerprint density at radius 3 is 2.96 bits per heavy atom. The molecule has 2 N–H and O–H groups in total. The van der Waals surface area contributed by atoms with Crippen molar-refractivity contribution >= 4 is 6.03 Å². The van der Waals surface area contributed by atoms with Crippen LogP contribution in [-0.2, 0) is 11.2 Å². The van der Waals surface area contributed by atoms with Gasteiger partial charge in [-0.2, -0.15) is 0 Å². The fourth-order valence-electron chi connectivity index (χ4n) is 3.42. The molecule has 1 fully saturated rings. The molecule has 2 aliphatic rings. The molecule has 0 spiro atoms. The zero-order chi connectivity index (χ0) is 16.3. The number of nitrogens with one attached hydrogen (secondary N) is 2. The van der Waals surface area contributed by atoms with Gasteiger partial charge in [-0.05, 0) is 32.8 Å². The summed E-state index contributed by atoms with van der Waals surface area (Å²) in [4.78, 5) is 14.6. The molecule has 1 aromatic rings. The van der Waals surface area contributed by atoms with Crippen molar-refractivity contribution in [1.29, 1.82) is 0 Å². The Labute approximate surface area is 137 Å². The maximum Gasteiger partial charge on any atom is 0.315 e. The van der Waals surface area contributed by atoms with Crippen LogP contribution in [0.25, 0.3) is 0 Å². The number of rotatable bonds is 4. The number of amides is 2. The Hall–Kier alpha value is -1.53. The first kappa shape index (κ1) is 16.3. The number of fused-ring (bicyclic) bond motifs is 1. The Morgan fingerprint density at radius 2 is 2.17 bits per heavy atom. The summed E-state index contributed by atoms with van der Waals surface area (Å²) in [6.07, 6.45) is 4.69. The molecule has 2 heterocycles. The second-order valence-corrected chi connectivity index (χ2v) is 6.98. The maximum atomic E-state index is 12.3. The third kappa shape index (κ3) is 3.87. The molecule has 0 bridgehead atoms. The summed E-state index contributed by atoms with van der Waals surface area (Å²) in [6.45, 7) is 8.29. The first-order valence-corrected chi connectivity index (χ1v) is 8.50. The molecule has 0 aromatic carbocycles. The van der Waals surface area contributed by atoms with Crippen LogP contribution in [0, 0.1) is 0 Å². The lowest BCUT2D eigenvalue weighted by Gasteiger charge is -2.40. The summed E-state index contributed by atoms with van der Waals surface area (Å²) in [5.74, 6) is 1.01. The van der Waals surface area contributed by atoms with E-state index < -0.39 is 0 Å². The predicted molar refractivity (Wildman–Crippen MR) is 87.4 cm³/mol. The van der Waals surface area contributed by atoms with Gasteiger partial charge in [0.2, 0.25) is 0 Å². The average Bonchev–Trinajstić information content (AvgIpc) is 3.04. The van der Waals surface area contributed by atoms with Gasteiger partial charge < -0.3 is 19.8 Å². The van der Waals surface area contributed by atoms with Crippen LogP contribution in [0.15, 0.2) is 16.7 Å². The van der Waals surface area contributed by atoms with Gasteiger partial charge in [-0.1, -0.05) is 0 Å². The minimum Gasteiger partial charge on any atom is -0.469 e. The van der Waals surface area contributed by atoms with Crippen LogP contribution in [0.3, 0.4) is 0 Å². The van der Waals surface area contributed by atoms with Crippen LogP contribution in [-0.4, -0.2) is 49.3 Å². The molecule has 0 saturated carbocycles. The molecule has 1 atom stereocenters. The summed E-state index contributed by atoms with van der Waals surface area (Å²) in [6, 6.07) is 1.92. The van der Waals surface area contributed by atoms with Gasteiger partial charge in [0.15, 0.2) is 0 Å². The normalized spacial score (nSPS) is 22.4. The lowest BCUT2D eigenvalue weighted by molar-refractivity contribution is -0.00877. The summed E-state index contributed by atoms with van der Waals surface area (Å²) in [5, 5.41) is 6.11. The molecule has 23 heavy (non-hydrogen) atoms. The molecule has 1 aliphatic heterocycles. The molecule has 6 nitrogen and oxygen atoms in total. The quantitative estimate of drug-likeness (QED) is 0.891. The number of nitrogens with zero attached hydrogens (tertiary/aromatic N) is 1. The van der Waals surface area contributed by atoms with Crippen molar-refractivity contribution in [1.82, 2.24) is 15.5 Å². The third-order valence-electron chi connectivity index (χ3n) is 4.91. The van der Waals surface area contributed by atoms with Crippen molar-refractivity contribution in [3.05, 3.63) is 23.7 Å². The predicted octanol–water partition coefficient (Wildman–Crippen LogP) is 2.07. The second kappa shape index (κ2) is 6.93. The standard InChI is InChI=1S/C17H27N3O3/c1-17(2,20-7-10-22-11-8-20)12-18-16(21)19-14-4-3-5-15-13(14)6-9-23-15/h6,9,14H,3-5,7-8,10-12H2,1-2H3,(H2,18,19,21). The number of hydrogen-bond donors (Lipinski definition) is 2. The highest BCUT2D eigenvalue weighted by molar-refractivity contribution is 5.74. The highest BCUT2D eigenvalue weighted by atomic mass is 16.5. The van der Waals surface area contributed by atoms with E-state index in [4.69, 9.17) is 9.15 Å². The van der Waals surface area contributed by atoms with Crippen molar-refractivity contribution < 1.29 is 13.9 Å². The number of aryl methyl sites for hydroxylation is 1. The second-order valence-electron chi connectivity index (χ2n) is 6.98. The van der Waals surface area contributed by atoms with Gasteiger partial charge in [-0.15, -0.1) is 0 Å². The van der Waals surface area contributed by atoms with E-state index in [2.05, 4.69) is 29.4 Å². The van der Waals surface area contributed by atoms with E-state index in [0.717, 1.165) is 56.9 Å². The molecule has 1 aromatic heterocycles. The van der Waals surface area contributed by atoms with Crippen LogP contribution in [0.1, 0.15) is 44.1 Å². The third-order valence-corrected chi connectivity index (χ3v) is 4.91. The van der Waals surface area contributed by atoms with Gasteiger partial charge in [-0.25, -0.2) is 4.79 Å². The molecule has 3 rings (SSSR count). The summed E-state index contributed by atoms with van der Waals surface area (Å²) < 4.78 is 10.9. The van der Waals surface area contributed by atoms with E-state index in [0.29, 0.717) is 6.54 Å². The van der Waals surface area contributed by atoms with Crippen LogP contribution >= 0.6 is 0 Å². The monoisotopic (exact) mass is 321 g/mol. The first-order valence-electron chi connectivity index (χ1n) is 8.50. The van der Waals surface area contributed by atoms with Crippen LogP contribution in [0.4, 0.5) is 4.79 Å². The molecule has 6 heteroatoms. The minimum atomic E-state index is -0.106. The lowest BCUT2D eigenvalue weighted by Crippen LogP contribution is -2.56. The number of carbonyl (C=O) groups excluding carboxylic acids is 1. The average molecular weight is 321 g/mol. The van der Waals surface area contributed by atoms with Crippen LogP contribution < -0.4 is 10.6 Å². The number of morpholine rings is 1. The SMILES string of the molecule is CC(C)(CNC(=O)NC1CCCc2occc21)N1CCOCC1. The van der Waals surface area contributed by atoms with Crippen LogP contribution in [0.2, 0.25) is 0 Å². The van der Waals surface area contributed by atoms with Crippen molar-refractivity contribution in [3.8, 4) is 0 Å². The van der Waals surface area contributed by atoms with Crippen LogP contribution in [0.5, 0.6) is 0 Å². The first-order chi connectivity index (χ1) is 11.1. The number of furan rings is 1. The largest absolute Gasteiger partial charge is 0.469 e. The Kier molecular flexibility index (Phi) is 4.92. The van der Waals surface area contributed by atoms with E-state index in [1.165, 1.54) is 0 Å².